The van der Waals surface area contributed by atoms with Gasteiger partial charge in [-0.3, -0.25) is 10.1 Å². The van der Waals surface area contributed by atoms with Crippen molar-refractivity contribution in [1.29, 1.82) is 0 Å². The molecule has 102 valence electrons. The van der Waals surface area contributed by atoms with Crippen LogP contribution >= 0.6 is 0 Å². The highest BCUT2D eigenvalue weighted by Crippen LogP contribution is 2.33. The molecule has 0 fully saturated rings. The van der Waals surface area contributed by atoms with Crippen molar-refractivity contribution >= 4 is 17.1 Å². The summed E-state index contributed by atoms with van der Waals surface area (Å²) in [6, 6.07) is 12.8. The van der Waals surface area contributed by atoms with E-state index in [4.69, 9.17) is 5.73 Å². The lowest BCUT2D eigenvalue weighted by atomic mass is 9.97. The second-order valence-corrected chi connectivity index (χ2v) is 4.90. The summed E-state index contributed by atoms with van der Waals surface area (Å²) in [6.45, 7) is 1.38. The number of rotatable bonds is 2. The highest BCUT2D eigenvalue weighted by molar-refractivity contribution is 5.65. The molecule has 3 rings (SSSR count). The molecule has 0 bridgehead atoms. The molecule has 2 N–H and O–H groups in total. The van der Waals surface area contributed by atoms with Crippen molar-refractivity contribution in [2.24, 2.45) is 0 Å². The van der Waals surface area contributed by atoms with Gasteiger partial charge in [0.1, 0.15) is 5.69 Å². The standard InChI is InChI=1S/C15H15N3O2/c16-13-5-3-4-11-8-9-17(10-12(11)13)14-6-1-2-7-15(14)18(19)20/h1-7H,8-10,16H2. The summed E-state index contributed by atoms with van der Waals surface area (Å²) in [6.07, 6.45) is 0.854. The number of nitrogen functional groups attached to an aromatic ring is 1. The first-order chi connectivity index (χ1) is 9.66. The van der Waals surface area contributed by atoms with Crippen LogP contribution in [-0.2, 0) is 13.0 Å². The lowest BCUT2D eigenvalue weighted by Crippen LogP contribution is -2.31. The molecule has 0 atom stereocenters. The highest BCUT2D eigenvalue weighted by atomic mass is 16.6. The normalized spacial score (nSPS) is 13.9. The summed E-state index contributed by atoms with van der Waals surface area (Å²) in [7, 11) is 0. The van der Waals surface area contributed by atoms with Crippen LogP contribution in [0, 0.1) is 10.1 Å². The maximum absolute atomic E-state index is 11.1. The molecular weight excluding hydrogens is 254 g/mol. The summed E-state index contributed by atoms with van der Waals surface area (Å²) in [4.78, 5) is 12.8. The first kappa shape index (κ1) is 12.5. The molecule has 0 aliphatic carbocycles. The van der Waals surface area contributed by atoms with Crippen LogP contribution < -0.4 is 10.6 Å². The van der Waals surface area contributed by atoms with Crippen molar-refractivity contribution in [2.45, 2.75) is 13.0 Å². The van der Waals surface area contributed by atoms with Gasteiger partial charge in [-0.1, -0.05) is 24.3 Å². The van der Waals surface area contributed by atoms with Crippen LogP contribution in [0.25, 0.3) is 0 Å². The van der Waals surface area contributed by atoms with E-state index in [2.05, 4.69) is 6.07 Å². The van der Waals surface area contributed by atoms with Gasteiger partial charge in [0.2, 0.25) is 0 Å². The molecule has 2 aromatic rings. The largest absolute Gasteiger partial charge is 0.398 e. The van der Waals surface area contributed by atoms with E-state index in [-0.39, 0.29) is 10.6 Å². The van der Waals surface area contributed by atoms with Gasteiger partial charge in [-0.05, 0) is 29.7 Å². The fraction of sp³-hybridized carbons (Fsp3) is 0.200. The third kappa shape index (κ3) is 2.07. The molecule has 20 heavy (non-hydrogen) atoms. The van der Waals surface area contributed by atoms with Gasteiger partial charge in [0.25, 0.3) is 5.69 Å². The first-order valence-corrected chi connectivity index (χ1v) is 6.51. The Morgan fingerprint density at radius 1 is 1.15 bits per heavy atom. The van der Waals surface area contributed by atoms with E-state index < -0.39 is 0 Å². The molecule has 5 nitrogen and oxygen atoms in total. The fourth-order valence-corrected chi connectivity index (χ4v) is 2.70. The molecule has 1 aliphatic rings. The molecule has 0 unspecified atom stereocenters. The predicted molar refractivity (Wildman–Crippen MR) is 78.7 cm³/mol. The smallest absolute Gasteiger partial charge is 0.292 e. The molecule has 5 heteroatoms. The Morgan fingerprint density at radius 2 is 1.95 bits per heavy atom. The number of anilines is 2. The summed E-state index contributed by atoms with van der Waals surface area (Å²) >= 11 is 0. The number of nitro groups is 1. The Hall–Kier alpha value is -2.56. The average Bonchev–Trinajstić information content (AvgIpc) is 2.47. The number of hydrogen-bond donors (Lipinski definition) is 1. The van der Waals surface area contributed by atoms with Crippen molar-refractivity contribution in [3.8, 4) is 0 Å². The van der Waals surface area contributed by atoms with E-state index in [0.717, 1.165) is 24.2 Å². The van der Waals surface area contributed by atoms with Crippen LogP contribution in [0.2, 0.25) is 0 Å². The third-order valence-electron chi connectivity index (χ3n) is 3.73. The summed E-state index contributed by atoms with van der Waals surface area (Å²) in [5.41, 5.74) is 9.89. The average molecular weight is 269 g/mol. The maximum Gasteiger partial charge on any atom is 0.292 e. The van der Waals surface area contributed by atoms with Crippen LogP contribution in [-0.4, -0.2) is 11.5 Å². The Bertz CT molecular complexity index is 670. The number of nitro benzene ring substituents is 1. The van der Waals surface area contributed by atoms with Crippen LogP contribution in [0.5, 0.6) is 0 Å². The van der Waals surface area contributed by atoms with E-state index in [1.54, 1.807) is 18.2 Å². The van der Waals surface area contributed by atoms with Gasteiger partial charge in [-0.15, -0.1) is 0 Å². The summed E-state index contributed by atoms with van der Waals surface area (Å²) in [5, 5.41) is 11.1. The van der Waals surface area contributed by atoms with Gasteiger partial charge in [0, 0.05) is 24.8 Å². The fourth-order valence-electron chi connectivity index (χ4n) is 2.70. The molecule has 0 radical (unpaired) electrons. The lowest BCUT2D eigenvalue weighted by Gasteiger charge is -2.31. The van der Waals surface area contributed by atoms with E-state index in [9.17, 15) is 10.1 Å². The molecule has 0 aromatic heterocycles. The number of nitrogens with two attached hydrogens (primary N) is 1. The van der Waals surface area contributed by atoms with Crippen LogP contribution in [0.1, 0.15) is 11.1 Å². The van der Waals surface area contributed by atoms with Gasteiger partial charge in [-0.25, -0.2) is 0 Å². The third-order valence-corrected chi connectivity index (χ3v) is 3.73. The minimum atomic E-state index is -0.334. The molecular formula is C15H15N3O2. The zero-order valence-electron chi connectivity index (χ0n) is 11.0. The van der Waals surface area contributed by atoms with Crippen LogP contribution in [0.15, 0.2) is 42.5 Å². The van der Waals surface area contributed by atoms with Gasteiger partial charge in [0.05, 0.1) is 4.92 Å². The molecule has 1 heterocycles. The topological polar surface area (TPSA) is 72.4 Å². The number of para-hydroxylation sites is 2. The number of nitrogens with zero attached hydrogens (tertiary/aromatic N) is 2. The van der Waals surface area contributed by atoms with Crippen molar-refractivity contribution < 1.29 is 4.92 Å². The van der Waals surface area contributed by atoms with Crippen molar-refractivity contribution in [3.63, 3.8) is 0 Å². The molecule has 2 aromatic carbocycles. The van der Waals surface area contributed by atoms with E-state index >= 15 is 0 Å². The monoisotopic (exact) mass is 269 g/mol. The Kier molecular flexibility index (Phi) is 3.02. The van der Waals surface area contributed by atoms with Gasteiger partial charge in [0.15, 0.2) is 0 Å². The maximum atomic E-state index is 11.1. The molecule has 0 saturated heterocycles. The van der Waals surface area contributed by atoms with Crippen molar-refractivity contribution in [1.82, 2.24) is 0 Å². The Morgan fingerprint density at radius 3 is 2.75 bits per heavy atom. The quantitative estimate of drug-likeness (QED) is 0.517. The Balaban J connectivity index is 1.99. The molecule has 0 spiro atoms. The van der Waals surface area contributed by atoms with E-state index in [0.29, 0.717) is 12.2 Å². The van der Waals surface area contributed by atoms with Crippen LogP contribution in [0.4, 0.5) is 17.1 Å². The zero-order chi connectivity index (χ0) is 14.1. The highest BCUT2D eigenvalue weighted by Gasteiger charge is 2.23. The number of hydrogen-bond acceptors (Lipinski definition) is 4. The molecule has 1 aliphatic heterocycles. The van der Waals surface area contributed by atoms with E-state index in [1.165, 1.54) is 5.56 Å². The summed E-state index contributed by atoms with van der Waals surface area (Å²) < 4.78 is 0. The van der Waals surface area contributed by atoms with Gasteiger partial charge in [-0.2, -0.15) is 0 Å². The predicted octanol–water partition coefficient (Wildman–Crippen LogP) is 2.74. The minimum absolute atomic E-state index is 0.144. The van der Waals surface area contributed by atoms with E-state index in [1.807, 2.05) is 23.1 Å². The van der Waals surface area contributed by atoms with Crippen molar-refractivity contribution in [3.05, 3.63) is 63.7 Å². The SMILES string of the molecule is Nc1cccc2c1CN(c1ccccc1[N+](=O)[O-])CC2. The number of benzene rings is 2. The lowest BCUT2D eigenvalue weighted by molar-refractivity contribution is -0.384. The second-order valence-electron chi connectivity index (χ2n) is 4.90. The molecule has 0 saturated carbocycles. The zero-order valence-corrected chi connectivity index (χ0v) is 11.0. The van der Waals surface area contributed by atoms with Gasteiger partial charge < -0.3 is 10.6 Å². The Labute approximate surface area is 116 Å². The van der Waals surface area contributed by atoms with Crippen LogP contribution in [0.3, 0.4) is 0 Å². The van der Waals surface area contributed by atoms with Crippen molar-refractivity contribution in [2.75, 3.05) is 17.2 Å². The second kappa shape index (κ2) is 4.85. The molecule has 0 amide bonds. The minimum Gasteiger partial charge on any atom is -0.398 e. The number of fused-ring (bicyclic) bond motifs is 1. The summed E-state index contributed by atoms with van der Waals surface area (Å²) in [5.74, 6) is 0. The van der Waals surface area contributed by atoms with Gasteiger partial charge >= 0.3 is 0 Å². The first-order valence-electron chi connectivity index (χ1n) is 6.51.